The van der Waals surface area contributed by atoms with Crippen LogP contribution in [0.4, 0.5) is 0 Å². The molecule has 0 fully saturated rings. The average Bonchev–Trinajstić information content (AvgIpc) is 2.37. The zero-order valence-corrected chi connectivity index (χ0v) is 9.31. The number of aromatic carboxylic acids is 1. The summed E-state index contributed by atoms with van der Waals surface area (Å²) >= 11 is 0. The smallest absolute Gasteiger partial charge is 0.341 e. The molecule has 0 unspecified atom stereocenters. The van der Waals surface area contributed by atoms with Crippen LogP contribution in [-0.4, -0.2) is 16.1 Å². The minimum absolute atomic E-state index is 0.238. The number of H-pyrrole nitrogens is 1. The number of nitrogens with one attached hydrogen (secondary N) is 1. The maximum absolute atomic E-state index is 12.0. The number of hydrogen-bond acceptors (Lipinski definition) is 2. The van der Waals surface area contributed by atoms with Crippen LogP contribution in [0.15, 0.2) is 47.4 Å². The number of aromatic amines is 1. The largest absolute Gasteiger partial charge is 0.477 e. The summed E-state index contributed by atoms with van der Waals surface area (Å²) in [4.78, 5) is 25.8. The third-order valence-electron chi connectivity index (χ3n) is 2.98. The zero-order chi connectivity index (χ0) is 12.7. The molecule has 0 aliphatic heterocycles. The molecular formula is C14H9NO3. The number of rotatable bonds is 1. The zero-order valence-electron chi connectivity index (χ0n) is 9.31. The van der Waals surface area contributed by atoms with E-state index in [1.54, 1.807) is 6.07 Å². The van der Waals surface area contributed by atoms with Crippen LogP contribution in [0.2, 0.25) is 0 Å². The van der Waals surface area contributed by atoms with E-state index in [0.717, 1.165) is 10.8 Å². The fourth-order valence-corrected chi connectivity index (χ4v) is 2.07. The number of carbonyl (C=O) groups is 1. The number of benzene rings is 2. The van der Waals surface area contributed by atoms with Gasteiger partial charge in [-0.2, -0.15) is 0 Å². The standard InChI is InChI=1S/C14H9NO3/c16-13-10-5-8-3-1-2-4-9(8)6-12(10)15-7-11(13)14(17)18/h1-7H,(H,15,16)(H,17,18). The van der Waals surface area contributed by atoms with Crippen molar-refractivity contribution in [2.45, 2.75) is 0 Å². The van der Waals surface area contributed by atoms with Crippen molar-refractivity contribution >= 4 is 27.6 Å². The van der Waals surface area contributed by atoms with Crippen LogP contribution in [-0.2, 0) is 0 Å². The van der Waals surface area contributed by atoms with Gasteiger partial charge in [-0.25, -0.2) is 4.79 Å². The molecule has 3 aromatic rings. The van der Waals surface area contributed by atoms with Gasteiger partial charge in [-0.3, -0.25) is 4.79 Å². The van der Waals surface area contributed by atoms with E-state index in [-0.39, 0.29) is 5.56 Å². The molecule has 0 radical (unpaired) electrons. The van der Waals surface area contributed by atoms with Crippen LogP contribution >= 0.6 is 0 Å². The van der Waals surface area contributed by atoms with Crippen molar-refractivity contribution in [3.8, 4) is 0 Å². The van der Waals surface area contributed by atoms with Crippen molar-refractivity contribution in [2.75, 3.05) is 0 Å². The van der Waals surface area contributed by atoms with E-state index in [9.17, 15) is 9.59 Å². The molecule has 0 aliphatic rings. The van der Waals surface area contributed by atoms with Crippen LogP contribution in [0.1, 0.15) is 10.4 Å². The second-order valence-electron chi connectivity index (χ2n) is 4.08. The normalized spacial score (nSPS) is 10.9. The van der Waals surface area contributed by atoms with E-state index in [1.807, 2.05) is 30.3 Å². The van der Waals surface area contributed by atoms with Gasteiger partial charge < -0.3 is 10.1 Å². The van der Waals surface area contributed by atoms with Gasteiger partial charge in [0.25, 0.3) is 0 Å². The van der Waals surface area contributed by atoms with Crippen LogP contribution in [0.5, 0.6) is 0 Å². The molecule has 0 saturated heterocycles. The first kappa shape index (κ1) is 10.5. The Labute approximate surface area is 101 Å². The first-order valence-electron chi connectivity index (χ1n) is 5.44. The predicted molar refractivity (Wildman–Crippen MR) is 69.0 cm³/mol. The predicted octanol–water partition coefficient (Wildman–Crippen LogP) is 2.38. The summed E-state index contributed by atoms with van der Waals surface area (Å²) in [6.07, 6.45) is 1.24. The van der Waals surface area contributed by atoms with E-state index in [1.165, 1.54) is 6.20 Å². The van der Waals surface area contributed by atoms with Crippen molar-refractivity contribution in [1.82, 2.24) is 4.98 Å². The molecule has 1 heterocycles. The number of carboxylic acids is 1. The summed E-state index contributed by atoms with van der Waals surface area (Å²) in [6, 6.07) is 11.2. The lowest BCUT2D eigenvalue weighted by atomic mass is 10.1. The molecule has 1 aromatic heterocycles. The van der Waals surface area contributed by atoms with Gasteiger partial charge in [0.15, 0.2) is 0 Å². The Morgan fingerprint density at radius 2 is 1.78 bits per heavy atom. The van der Waals surface area contributed by atoms with Crippen molar-refractivity contribution < 1.29 is 9.90 Å². The molecule has 2 N–H and O–H groups in total. The van der Waals surface area contributed by atoms with Crippen molar-refractivity contribution in [2.24, 2.45) is 0 Å². The SMILES string of the molecule is O=C(O)c1c[nH]c2cc3ccccc3cc2c1=O. The highest BCUT2D eigenvalue weighted by molar-refractivity contribution is 5.99. The van der Waals surface area contributed by atoms with Crippen LogP contribution in [0.25, 0.3) is 21.7 Å². The van der Waals surface area contributed by atoms with Crippen molar-refractivity contribution in [3.05, 3.63) is 58.4 Å². The van der Waals surface area contributed by atoms with Gasteiger partial charge >= 0.3 is 5.97 Å². The second-order valence-corrected chi connectivity index (χ2v) is 4.08. The average molecular weight is 239 g/mol. The van der Waals surface area contributed by atoms with E-state index < -0.39 is 11.4 Å². The van der Waals surface area contributed by atoms with Gasteiger partial charge in [-0.05, 0) is 22.9 Å². The molecular weight excluding hydrogens is 230 g/mol. The first-order chi connectivity index (χ1) is 8.66. The third kappa shape index (κ3) is 1.47. The summed E-state index contributed by atoms with van der Waals surface area (Å²) in [5, 5.41) is 11.2. The molecule has 88 valence electrons. The van der Waals surface area contributed by atoms with Gasteiger partial charge in [0, 0.05) is 17.1 Å². The van der Waals surface area contributed by atoms with Crippen molar-refractivity contribution in [1.29, 1.82) is 0 Å². The Balaban J connectivity index is 2.48. The lowest BCUT2D eigenvalue weighted by Crippen LogP contribution is -2.15. The van der Waals surface area contributed by atoms with Crippen LogP contribution in [0.3, 0.4) is 0 Å². The van der Waals surface area contributed by atoms with Gasteiger partial charge in [0.2, 0.25) is 5.43 Å². The number of aromatic nitrogens is 1. The van der Waals surface area contributed by atoms with Gasteiger partial charge in [0.05, 0.1) is 0 Å². The Bertz CT molecular complexity index is 833. The molecule has 3 rings (SSSR count). The summed E-state index contributed by atoms with van der Waals surface area (Å²) in [7, 11) is 0. The Kier molecular flexibility index (Phi) is 2.16. The minimum atomic E-state index is -1.22. The van der Waals surface area contributed by atoms with E-state index in [4.69, 9.17) is 5.11 Å². The summed E-state index contributed by atoms with van der Waals surface area (Å²) in [6.45, 7) is 0. The lowest BCUT2D eigenvalue weighted by Gasteiger charge is -2.02. The highest BCUT2D eigenvalue weighted by Crippen LogP contribution is 2.19. The number of carboxylic acid groups (broad SMARTS) is 1. The van der Waals surface area contributed by atoms with E-state index in [2.05, 4.69) is 4.98 Å². The number of pyridine rings is 1. The monoisotopic (exact) mass is 239 g/mol. The molecule has 0 amide bonds. The maximum Gasteiger partial charge on any atom is 0.341 e. The van der Waals surface area contributed by atoms with Crippen molar-refractivity contribution in [3.63, 3.8) is 0 Å². The highest BCUT2D eigenvalue weighted by Gasteiger charge is 2.11. The van der Waals surface area contributed by atoms with Gasteiger partial charge in [-0.15, -0.1) is 0 Å². The Hall–Kier alpha value is -2.62. The maximum atomic E-state index is 12.0. The van der Waals surface area contributed by atoms with E-state index in [0.29, 0.717) is 10.9 Å². The first-order valence-corrected chi connectivity index (χ1v) is 5.44. The molecule has 0 bridgehead atoms. The fraction of sp³-hybridized carbons (Fsp3) is 0. The third-order valence-corrected chi connectivity index (χ3v) is 2.98. The molecule has 0 atom stereocenters. The van der Waals surface area contributed by atoms with Gasteiger partial charge in [0.1, 0.15) is 5.56 Å². The van der Waals surface area contributed by atoms with Crippen LogP contribution < -0.4 is 5.43 Å². The molecule has 0 spiro atoms. The Morgan fingerprint density at radius 3 is 2.44 bits per heavy atom. The number of fused-ring (bicyclic) bond motifs is 2. The molecule has 2 aromatic carbocycles. The topological polar surface area (TPSA) is 70.2 Å². The van der Waals surface area contributed by atoms with Crippen LogP contribution in [0, 0.1) is 0 Å². The minimum Gasteiger partial charge on any atom is -0.477 e. The molecule has 4 heteroatoms. The molecule has 0 saturated carbocycles. The molecule has 0 aliphatic carbocycles. The Morgan fingerprint density at radius 1 is 1.11 bits per heavy atom. The molecule has 4 nitrogen and oxygen atoms in total. The number of hydrogen-bond donors (Lipinski definition) is 2. The summed E-state index contributed by atoms with van der Waals surface area (Å²) < 4.78 is 0. The second kappa shape index (κ2) is 3.70. The highest BCUT2D eigenvalue weighted by atomic mass is 16.4. The summed E-state index contributed by atoms with van der Waals surface area (Å²) in [5.41, 5.74) is -0.0523. The lowest BCUT2D eigenvalue weighted by molar-refractivity contribution is 0.0695. The van der Waals surface area contributed by atoms with E-state index >= 15 is 0 Å². The fourth-order valence-electron chi connectivity index (χ4n) is 2.07. The van der Waals surface area contributed by atoms with Gasteiger partial charge in [-0.1, -0.05) is 24.3 Å². The molecule has 18 heavy (non-hydrogen) atoms. The quantitative estimate of drug-likeness (QED) is 0.640. The summed E-state index contributed by atoms with van der Waals surface area (Å²) in [5.74, 6) is -1.22.